The molecule has 1 aliphatic rings. The maximum absolute atomic E-state index is 6.71. The summed E-state index contributed by atoms with van der Waals surface area (Å²) >= 11 is 0. The number of amidine groups is 2. The Hall–Kier alpha value is -8.61. The van der Waals surface area contributed by atoms with Crippen molar-refractivity contribution in [1.29, 1.82) is 0 Å². The number of furan rings is 2. The molecule has 0 aliphatic heterocycles. The quantitative estimate of drug-likeness (QED) is 0.138. The van der Waals surface area contributed by atoms with Crippen LogP contribution in [0.5, 0.6) is 0 Å². The number of nitrogens with two attached hydrogens (primary N) is 1. The van der Waals surface area contributed by atoms with Crippen LogP contribution in [-0.4, -0.2) is 22.0 Å². The van der Waals surface area contributed by atoms with Gasteiger partial charge in [-0.25, -0.2) is 4.99 Å². The Kier molecular flexibility index (Phi) is 8.52. The molecule has 0 saturated carbocycles. The highest BCUT2D eigenvalue weighted by molar-refractivity contribution is 6.22. The summed E-state index contributed by atoms with van der Waals surface area (Å²) < 4.78 is 14.9. The second-order valence-corrected chi connectivity index (χ2v) is 18.2. The van der Waals surface area contributed by atoms with Gasteiger partial charge in [-0.1, -0.05) is 117 Å². The van der Waals surface area contributed by atoms with Gasteiger partial charge < -0.3 is 13.4 Å². The lowest BCUT2D eigenvalue weighted by atomic mass is 9.81. The average Bonchev–Trinajstić information content (AvgIpc) is 4.09. The molecule has 0 saturated heterocycles. The second kappa shape index (κ2) is 14.7. The van der Waals surface area contributed by atoms with Gasteiger partial charge in [-0.15, -0.1) is 0 Å². The van der Waals surface area contributed by atoms with E-state index in [4.69, 9.17) is 24.2 Å². The highest BCUT2D eigenvalue weighted by atomic mass is 16.3. The van der Waals surface area contributed by atoms with Crippen LogP contribution < -0.4 is 5.41 Å². The molecule has 1 aliphatic carbocycles. The molecule has 0 amide bonds. The number of aromatic nitrogens is 1. The Morgan fingerprint density at radius 3 is 1.94 bits per heavy atom. The van der Waals surface area contributed by atoms with E-state index in [1.54, 1.807) is 0 Å². The van der Waals surface area contributed by atoms with E-state index in [-0.39, 0.29) is 5.41 Å². The van der Waals surface area contributed by atoms with Crippen molar-refractivity contribution in [1.82, 2.24) is 4.57 Å². The smallest absolute Gasteiger partial charge is 0.324 e. The third-order valence-electron chi connectivity index (χ3n) is 13.9. The molecule has 12 aromatic rings. The molecule has 9 aromatic carbocycles. The van der Waals surface area contributed by atoms with Gasteiger partial charge in [-0.2, -0.15) is 0 Å². The van der Waals surface area contributed by atoms with E-state index in [9.17, 15) is 0 Å². The number of nitrogens with zero attached hydrogens (tertiary/aromatic N) is 3. The van der Waals surface area contributed by atoms with Crippen LogP contribution in [0.2, 0.25) is 0 Å². The van der Waals surface area contributed by atoms with Crippen LogP contribution in [0.25, 0.3) is 93.6 Å². The van der Waals surface area contributed by atoms with E-state index in [1.807, 2.05) is 73.7 Å². The molecule has 0 bridgehead atoms. The first-order chi connectivity index (χ1) is 32.8. The Morgan fingerprint density at radius 1 is 0.478 bits per heavy atom. The van der Waals surface area contributed by atoms with Crippen molar-refractivity contribution in [2.24, 2.45) is 9.98 Å². The van der Waals surface area contributed by atoms with Crippen LogP contribution in [0.1, 0.15) is 48.6 Å². The molecule has 0 spiro atoms. The lowest BCUT2D eigenvalue weighted by Gasteiger charge is -2.22. The van der Waals surface area contributed by atoms with Gasteiger partial charge in [0.05, 0.1) is 16.6 Å². The van der Waals surface area contributed by atoms with Crippen molar-refractivity contribution >= 4 is 83.1 Å². The van der Waals surface area contributed by atoms with Crippen molar-refractivity contribution < 1.29 is 14.2 Å². The van der Waals surface area contributed by atoms with Gasteiger partial charge in [0.15, 0.2) is 0 Å². The van der Waals surface area contributed by atoms with Gasteiger partial charge in [-0.3, -0.25) is 5.41 Å². The highest BCUT2D eigenvalue weighted by Gasteiger charge is 2.36. The van der Waals surface area contributed by atoms with Crippen LogP contribution in [0.15, 0.2) is 213 Å². The summed E-state index contributed by atoms with van der Waals surface area (Å²) in [6.45, 7) is 6.69. The van der Waals surface area contributed by atoms with Crippen LogP contribution >= 0.6 is 0 Å². The van der Waals surface area contributed by atoms with E-state index in [0.29, 0.717) is 11.7 Å². The summed E-state index contributed by atoms with van der Waals surface area (Å²) in [5.41, 5.74) is 17.7. The topological polar surface area (TPSA) is 81.5 Å². The van der Waals surface area contributed by atoms with Crippen molar-refractivity contribution in [2.45, 2.75) is 26.2 Å². The van der Waals surface area contributed by atoms with Crippen LogP contribution in [0.3, 0.4) is 0 Å². The molecular formula is C61H43N4O2+. The van der Waals surface area contributed by atoms with E-state index in [1.165, 1.54) is 44.2 Å². The minimum atomic E-state index is -0.192. The summed E-state index contributed by atoms with van der Waals surface area (Å²) in [5, 5.41) is 13.5. The monoisotopic (exact) mass is 863 g/mol. The Labute approximate surface area is 386 Å². The fourth-order valence-electron chi connectivity index (χ4n) is 10.6. The molecule has 13 rings (SSSR count). The predicted octanol–water partition coefficient (Wildman–Crippen LogP) is 14.0. The first-order valence-electron chi connectivity index (χ1n) is 22.8. The molecule has 3 heterocycles. The summed E-state index contributed by atoms with van der Waals surface area (Å²) in [5.74, 6) is 0.910. The molecule has 0 atom stereocenters. The molecule has 318 valence electrons. The summed E-state index contributed by atoms with van der Waals surface area (Å²) in [7, 11) is 0. The number of hydrogen-bond donors (Lipinski definition) is 1. The van der Waals surface area contributed by atoms with E-state index in [0.717, 1.165) is 83.0 Å². The zero-order valence-corrected chi connectivity index (χ0v) is 37.2. The fraction of sp³-hybridized carbons (Fsp3) is 0.0656. The first kappa shape index (κ1) is 38.8. The van der Waals surface area contributed by atoms with Crippen LogP contribution in [0, 0.1) is 0 Å². The maximum Gasteiger partial charge on any atom is 0.324 e. The van der Waals surface area contributed by atoms with Gasteiger partial charge in [-0.05, 0) is 136 Å². The summed E-state index contributed by atoms with van der Waals surface area (Å²) in [6.07, 6.45) is 0. The highest BCUT2D eigenvalue weighted by Crippen LogP contribution is 2.52. The van der Waals surface area contributed by atoms with Crippen LogP contribution in [0.4, 0.5) is 0 Å². The van der Waals surface area contributed by atoms with Crippen molar-refractivity contribution in [3.8, 4) is 27.9 Å². The molecular weight excluding hydrogens is 821 g/mol. The molecule has 3 aromatic heterocycles. The zero-order valence-electron chi connectivity index (χ0n) is 37.2. The molecule has 6 heteroatoms. The second-order valence-electron chi connectivity index (χ2n) is 18.2. The van der Waals surface area contributed by atoms with E-state index in [2.05, 4.69) is 146 Å². The fourth-order valence-corrected chi connectivity index (χ4v) is 10.6. The average molecular weight is 864 g/mol. The van der Waals surface area contributed by atoms with Gasteiger partial charge in [0.1, 0.15) is 22.3 Å². The predicted molar refractivity (Wildman–Crippen MR) is 276 cm³/mol. The minimum absolute atomic E-state index is 0.192. The summed E-state index contributed by atoms with van der Waals surface area (Å²) in [4.78, 5) is 10.2. The number of fused-ring (bicyclic) bond motifs is 12. The summed E-state index contributed by atoms with van der Waals surface area (Å²) in [6, 6.07) is 68.0. The Bertz CT molecular complexity index is 4090. The normalized spacial score (nSPS) is 13.7. The van der Waals surface area contributed by atoms with Gasteiger partial charge in [0.2, 0.25) is 0 Å². The maximum atomic E-state index is 6.71. The minimum Gasteiger partial charge on any atom is -0.456 e. The lowest BCUT2D eigenvalue weighted by Crippen LogP contribution is -2.39. The molecule has 2 N–H and O–H groups in total. The largest absolute Gasteiger partial charge is 0.456 e. The van der Waals surface area contributed by atoms with Gasteiger partial charge >= 0.3 is 5.84 Å². The molecule has 0 fully saturated rings. The van der Waals surface area contributed by atoms with Crippen molar-refractivity contribution in [3.05, 3.63) is 222 Å². The molecule has 67 heavy (non-hydrogen) atoms. The molecule has 6 nitrogen and oxygen atoms in total. The van der Waals surface area contributed by atoms with E-state index < -0.39 is 0 Å². The van der Waals surface area contributed by atoms with Gasteiger partial charge in [0, 0.05) is 60.3 Å². The number of benzene rings is 9. The number of aliphatic imine (C=N–C) groups is 2. The number of rotatable bonds is 5. The van der Waals surface area contributed by atoms with E-state index >= 15 is 0 Å². The first-order valence-corrected chi connectivity index (χ1v) is 22.8. The molecule has 0 radical (unpaired) electrons. The third-order valence-corrected chi connectivity index (χ3v) is 13.9. The standard InChI is InChI=1S/C61H42N4O2/c1-36(42-19-13-23-56-58(42)46-18-9-12-22-55(46)66-56)63-60(64-59(62)37-14-5-4-6-15-37)38-24-28-41(29-25-38)65-52-20-10-7-16-44(52)48-32-39(27-31-53(48)65)40-26-30-43-47-34-49-45-17-8-11-21-54(45)67-57(49)35-51(47)61(2,3)50(43)33-40/h4-35,62H,1-3H3/p+1. The Balaban J connectivity index is 0.886. The molecule has 0 unspecified atom stereocenters. The van der Waals surface area contributed by atoms with Crippen molar-refractivity contribution in [2.75, 3.05) is 0 Å². The number of hydrogen-bond acceptors (Lipinski definition) is 2. The zero-order chi connectivity index (χ0) is 45.0. The third kappa shape index (κ3) is 6.06. The van der Waals surface area contributed by atoms with Crippen LogP contribution in [-0.2, 0) is 5.41 Å². The lowest BCUT2D eigenvalue weighted by molar-refractivity contribution is -0.114. The Morgan fingerprint density at radius 2 is 1.12 bits per heavy atom. The van der Waals surface area contributed by atoms with Gasteiger partial charge in [0.25, 0.3) is 5.84 Å². The number of para-hydroxylation sites is 3. The SMILES string of the molecule is CC(=NC(=NC(=[NH2+])c1ccccc1)c1ccc(-n2c3ccccc3c3cc(-c4ccc5c(c4)C(C)(C)c4cc6oc7ccccc7c6cc4-5)ccc32)cc1)c1cccc2oc3ccccc3c12. The van der Waals surface area contributed by atoms with Crippen molar-refractivity contribution in [3.63, 3.8) is 0 Å².